The summed E-state index contributed by atoms with van der Waals surface area (Å²) in [4.78, 5) is 30.4. The molecule has 0 radical (unpaired) electrons. The van der Waals surface area contributed by atoms with Crippen molar-refractivity contribution >= 4 is 0 Å². The van der Waals surface area contributed by atoms with Gasteiger partial charge in [-0.05, 0) is 0 Å². The first-order valence-corrected chi connectivity index (χ1v) is 6.12. The third-order valence-corrected chi connectivity index (χ3v) is 3.84. The molecule has 0 aromatic carbocycles. The molecule has 3 heterocycles. The van der Waals surface area contributed by atoms with Crippen LogP contribution in [-0.4, -0.2) is 62.8 Å². The Morgan fingerprint density at radius 3 is 2.95 bits per heavy atom. The second-order valence-corrected chi connectivity index (χ2v) is 5.00. The van der Waals surface area contributed by atoms with Gasteiger partial charge in [-0.1, -0.05) is 0 Å². The largest absolute Gasteiger partial charge is 0.393 e. The van der Waals surface area contributed by atoms with Gasteiger partial charge < -0.3 is 14.9 Å². The Hall–Kier alpha value is -1.52. The number of aromatic nitrogens is 2. The molecule has 3 rings (SSSR count). The van der Waals surface area contributed by atoms with Crippen LogP contribution in [0.2, 0.25) is 0 Å². The average Bonchev–Trinajstić information content (AvgIpc) is 2.59. The summed E-state index contributed by atoms with van der Waals surface area (Å²) >= 11 is 0. The molecule has 0 amide bonds. The van der Waals surface area contributed by atoms with Crippen molar-refractivity contribution in [3.8, 4) is 0 Å². The van der Waals surface area contributed by atoms with Crippen molar-refractivity contribution in [1.82, 2.24) is 14.6 Å². The molecule has 9 nitrogen and oxygen atoms in total. The Morgan fingerprint density at radius 2 is 2.30 bits per heavy atom. The van der Waals surface area contributed by atoms with Crippen LogP contribution in [0.5, 0.6) is 0 Å². The Balaban J connectivity index is 2.06. The maximum atomic E-state index is 11.8. The molecule has 20 heavy (non-hydrogen) atoms. The number of aromatic amines is 1. The summed E-state index contributed by atoms with van der Waals surface area (Å²) in [7, 11) is 1.60. The van der Waals surface area contributed by atoms with Gasteiger partial charge in [0.1, 0.15) is 24.4 Å². The minimum atomic E-state index is -1.27. The first kappa shape index (κ1) is 13.5. The lowest BCUT2D eigenvalue weighted by molar-refractivity contribution is -0.255. The van der Waals surface area contributed by atoms with E-state index in [1.807, 2.05) is 0 Å². The maximum Gasteiger partial charge on any atom is 0.330 e. The fraction of sp³-hybridized carbons (Fsp3) is 0.636. The molecule has 0 spiro atoms. The number of hydrogen-bond acceptors (Lipinski definition) is 7. The summed E-state index contributed by atoms with van der Waals surface area (Å²) < 4.78 is 6.85. The van der Waals surface area contributed by atoms with Crippen molar-refractivity contribution < 1.29 is 19.8 Å². The van der Waals surface area contributed by atoms with E-state index in [4.69, 9.17) is 9.57 Å². The lowest BCUT2D eigenvalue weighted by atomic mass is 9.94. The van der Waals surface area contributed by atoms with Crippen LogP contribution in [-0.2, 0) is 9.57 Å². The van der Waals surface area contributed by atoms with Crippen LogP contribution in [0.4, 0.5) is 0 Å². The van der Waals surface area contributed by atoms with E-state index in [2.05, 4.69) is 4.98 Å². The number of nitrogens with zero attached hydrogens (tertiary/aromatic N) is 2. The van der Waals surface area contributed by atoms with Gasteiger partial charge in [-0.3, -0.25) is 19.2 Å². The molecule has 2 aliphatic heterocycles. The van der Waals surface area contributed by atoms with Crippen LogP contribution in [0.3, 0.4) is 0 Å². The van der Waals surface area contributed by atoms with Crippen LogP contribution in [0.15, 0.2) is 21.9 Å². The molecule has 2 aliphatic rings. The van der Waals surface area contributed by atoms with Gasteiger partial charge in [0.25, 0.3) is 5.56 Å². The number of nitrogens with one attached hydrogen (secondary N) is 1. The highest BCUT2D eigenvalue weighted by molar-refractivity contribution is 5.06. The molecule has 0 aliphatic carbocycles. The van der Waals surface area contributed by atoms with E-state index in [1.165, 1.54) is 17.3 Å². The monoisotopic (exact) mass is 285 g/mol. The van der Waals surface area contributed by atoms with Gasteiger partial charge in [0, 0.05) is 19.3 Å². The van der Waals surface area contributed by atoms with Crippen LogP contribution >= 0.6 is 0 Å². The van der Waals surface area contributed by atoms with Crippen molar-refractivity contribution in [2.24, 2.45) is 0 Å². The highest BCUT2D eigenvalue weighted by Crippen LogP contribution is 2.42. The Labute approximate surface area is 112 Å². The summed E-state index contributed by atoms with van der Waals surface area (Å²) in [5, 5.41) is 21.2. The molecule has 2 fully saturated rings. The number of rotatable bonds is 2. The number of hydrogen-bond donors (Lipinski definition) is 3. The topological polar surface area (TPSA) is 117 Å². The van der Waals surface area contributed by atoms with Gasteiger partial charge in [0.15, 0.2) is 6.23 Å². The molecule has 2 saturated heterocycles. The number of H-pyrrole nitrogens is 1. The van der Waals surface area contributed by atoms with Crippen LogP contribution in [0, 0.1) is 0 Å². The lowest BCUT2D eigenvalue weighted by Gasteiger charge is -2.38. The molecular formula is C11H15N3O6. The number of hydroxylamine groups is 2. The standard InChI is InChI=1S/C11H15N3O6/c1-13-7-8(17)11(4-15,5-19-13)20-9(7)14-3-2-6(16)12-10(14)18/h2-3,7-9,15,17H,4-5H2,1H3,(H,12,16,18). The fourth-order valence-electron chi connectivity index (χ4n) is 2.67. The Morgan fingerprint density at radius 1 is 1.55 bits per heavy atom. The predicted octanol–water partition coefficient (Wildman–Crippen LogP) is -2.60. The van der Waals surface area contributed by atoms with E-state index in [9.17, 15) is 19.8 Å². The van der Waals surface area contributed by atoms with Gasteiger partial charge in [0.2, 0.25) is 0 Å². The van der Waals surface area contributed by atoms with Gasteiger partial charge in [-0.2, -0.15) is 5.06 Å². The third-order valence-electron chi connectivity index (χ3n) is 3.84. The van der Waals surface area contributed by atoms with Crippen LogP contribution in [0.25, 0.3) is 0 Å². The Kier molecular flexibility index (Phi) is 3.03. The summed E-state index contributed by atoms with van der Waals surface area (Å²) in [5.41, 5.74) is -2.43. The smallest absolute Gasteiger partial charge is 0.330 e. The first-order chi connectivity index (χ1) is 9.48. The van der Waals surface area contributed by atoms with Crippen molar-refractivity contribution in [2.45, 2.75) is 24.0 Å². The summed E-state index contributed by atoms with van der Waals surface area (Å²) in [6.07, 6.45) is -0.595. The van der Waals surface area contributed by atoms with Crippen molar-refractivity contribution in [1.29, 1.82) is 0 Å². The molecule has 0 saturated carbocycles. The summed E-state index contributed by atoms with van der Waals surface area (Å²) in [6.45, 7) is -0.459. The summed E-state index contributed by atoms with van der Waals surface area (Å²) in [5.74, 6) is 0. The average molecular weight is 285 g/mol. The Bertz CT molecular complexity index is 627. The maximum absolute atomic E-state index is 11.8. The number of fused-ring (bicyclic) bond motifs is 2. The fourth-order valence-corrected chi connectivity index (χ4v) is 2.67. The molecule has 2 bridgehead atoms. The van der Waals surface area contributed by atoms with Gasteiger partial charge in [-0.15, -0.1) is 0 Å². The van der Waals surface area contributed by atoms with E-state index < -0.39 is 41.8 Å². The molecule has 4 unspecified atom stereocenters. The number of likely N-dealkylation sites (N-methyl/N-ethyl adjacent to an activating group) is 1. The molecule has 4 atom stereocenters. The van der Waals surface area contributed by atoms with Gasteiger partial charge >= 0.3 is 5.69 Å². The zero-order valence-corrected chi connectivity index (χ0v) is 10.7. The molecule has 110 valence electrons. The molecule has 3 N–H and O–H groups in total. The summed E-state index contributed by atoms with van der Waals surface area (Å²) in [6, 6.07) is 0.519. The van der Waals surface area contributed by atoms with E-state index in [-0.39, 0.29) is 6.61 Å². The lowest BCUT2D eigenvalue weighted by Crippen LogP contribution is -2.59. The quantitative estimate of drug-likeness (QED) is 0.545. The predicted molar refractivity (Wildman–Crippen MR) is 64.8 cm³/mol. The van der Waals surface area contributed by atoms with Gasteiger partial charge in [0.05, 0.1) is 6.61 Å². The molecule has 1 aromatic rings. The van der Waals surface area contributed by atoms with E-state index in [0.29, 0.717) is 0 Å². The van der Waals surface area contributed by atoms with E-state index >= 15 is 0 Å². The zero-order valence-electron chi connectivity index (χ0n) is 10.7. The number of ether oxygens (including phenoxy) is 1. The third kappa shape index (κ3) is 1.75. The zero-order chi connectivity index (χ0) is 14.5. The number of aliphatic hydroxyl groups is 2. The van der Waals surface area contributed by atoms with E-state index in [0.717, 1.165) is 4.57 Å². The molecule has 9 heteroatoms. The minimum Gasteiger partial charge on any atom is -0.393 e. The number of aliphatic hydroxyl groups excluding tert-OH is 2. The highest BCUT2D eigenvalue weighted by Gasteiger charge is 2.60. The minimum absolute atomic E-state index is 0.0216. The van der Waals surface area contributed by atoms with Crippen LogP contribution in [0.1, 0.15) is 6.23 Å². The first-order valence-electron chi connectivity index (χ1n) is 6.12. The second kappa shape index (κ2) is 4.50. The second-order valence-electron chi connectivity index (χ2n) is 5.00. The van der Waals surface area contributed by atoms with Crippen molar-refractivity contribution in [3.63, 3.8) is 0 Å². The van der Waals surface area contributed by atoms with Crippen molar-refractivity contribution in [2.75, 3.05) is 20.3 Å². The van der Waals surface area contributed by atoms with E-state index in [1.54, 1.807) is 7.05 Å². The highest BCUT2D eigenvalue weighted by atomic mass is 16.7. The normalized spacial score (nSPS) is 37.2. The SMILES string of the molecule is CN1OCC2(CO)OC(n3ccc(=O)[nH]c3=O)C1C2O. The van der Waals surface area contributed by atoms with Gasteiger partial charge in [-0.25, -0.2) is 4.79 Å². The molecule has 1 aromatic heterocycles. The molecular weight excluding hydrogens is 270 g/mol. The van der Waals surface area contributed by atoms with Crippen LogP contribution < -0.4 is 11.2 Å². The van der Waals surface area contributed by atoms with Crippen molar-refractivity contribution in [3.05, 3.63) is 33.1 Å².